The van der Waals surface area contributed by atoms with Crippen LogP contribution in [0, 0.1) is 10.1 Å². The quantitative estimate of drug-likeness (QED) is 0.0827. The molecule has 17 heavy (non-hydrogen) atoms. The monoisotopic (exact) mass is 503 g/mol. The molecule has 0 aliphatic heterocycles. The van der Waals surface area contributed by atoms with E-state index in [-0.39, 0.29) is 53.4 Å². The second-order valence-electron chi connectivity index (χ2n) is 1.20. The molecule has 0 aromatic heterocycles. The molecule has 0 atom stereocenters. The summed E-state index contributed by atoms with van der Waals surface area (Å²) in [7, 11) is -9.31. The van der Waals surface area contributed by atoms with Gasteiger partial charge in [-0.2, -0.15) is 8.42 Å². The fourth-order valence-electron chi connectivity index (χ4n) is 0. The standard InChI is InChI=1S/BrH.ClH.HI.HNO3.H3O4P.H2O4S/c;;;2-1(3)4;2*1-5(2,3)4/h3*1H;(H,2,3,4);(H3,1,2,3,4);(H2,1,2,3,4). The number of phosphoric acid groups is 1. The Kier molecular flexibility index (Phi) is 35.4. The number of nitrogens with zero attached hydrogens (tertiary/aromatic N) is 1. The molecule has 0 saturated heterocycles. The molecule has 0 aliphatic carbocycles. The zero-order chi connectivity index (χ0) is 12.6. The molecule has 0 heterocycles. The average Bonchev–Trinajstić information content (AvgIpc) is 1.45. The smallest absolute Gasteiger partial charge is 0.328 e. The molecule has 0 unspecified atom stereocenters. The van der Waals surface area contributed by atoms with E-state index < -0.39 is 23.3 Å². The number of halogens is 3. The average molecular weight is 504 g/mol. The normalized spacial score (nSPS) is 8.29. The van der Waals surface area contributed by atoms with Crippen molar-refractivity contribution in [1.82, 2.24) is 0 Å². The predicted octanol–water partition coefficient (Wildman–Crippen LogP) is -0.311. The highest BCUT2D eigenvalue weighted by Gasteiger charge is 2.00. The van der Waals surface area contributed by atoms with Gasteiger partial charge in [0.15, 0.2) is 0 Å². The zero-order valence-corrected chi connectivity index (χ0v) is 13.8. The van der Waals surface area contributed by atoms with Gasteiger partial charge in [0.1, 0.15) is 0 Å². The fourth-order valence-corrected chi connectivity index (χ4v) is 0. The van der Waals surface area contributed by atoms with Gasteiger partial charge in [-0.05, 0) is 0 Å². The highest BCUT2D eigenvalue weighted by atomic mass is 127. The molecular weight excluding hydrogens is 495 g/mol. The zero-order valence-electron chi connectivity index (χ0n) is 7.25. The fraction of sp³-hybridized carbons (Fsp3) is 0. The van der Waals surface area contributed by atoms with Crippen LogP contribution < -0.4 is 0 Å². The first-order valence-corrected chi connectivity index (χ1v) is 5.01. The van der Waals surface area contributed by atoms with E-state index in [1.807, 2.05) is 0 Å². The van der Waals surface area contributed by atoms with E-state index in [2.05, 4.69) is 0 Å². The van der Waals surface area contributed by atoms with Gasteiger partial charge in [-0.3, -0.25) is 9.11 Å². The molecule has 0 aliphatic rings. The predicted molar refractivity (Wildman–Crippen MR) is 70.2 cm³/mol. The minimum atomic E-state index is -4.67. The van der Waals surface area contributed by atoms with Crippen LogP contribution in [-0.2, 0) is 15.0 Å². The summed E-state index contributed by atoms with van der Waals surface area (Å²) in [5.74, 6) is 0. The third-order valence-corrected chi connectivity index (χ3v) is 0. The van der Waals surface area contributed by atoms with Crippen molar-refractivity contribution in [2.75, 3.05) is 0 Å². The summed E-state index contributed by atoms with van der Waals surface area (Å²) >= 11 is 0. The summed E-state index contributed by atoms with van der Waals surface area (Å²) in [5, 5.41) is 13.6. The Hall–Kier alpha value is 0.680. The van der Waals surface area contributed by atoms with Crippen LogP contribution in [0.5, 0.6) is 0 Å². The van der Waals surface area contributed by atoms with Gasteiger partial charge in [-0.15, -0.1) is 63.5 Å². The Morgan fingerprint density at radius 2 is 1.12 bits per heavy atom. The number of hydrogen-bond donors (Lipinski definition) is 6. The van der Waals surface area contributed by atoms with Crippen LogP contribution in [0.1, 0.15) is 0 Å². The Balaban J connectivity index is -0.0000000247. The first kappa shape index (κ1) is 36.1. The summed E-state index contributed by atoms with van der Waals surface area (Å²) in [4.78, 5) is 29.9. The third-order valence-electron chi connectivity index (χ3n) is 0. The summed E-state index contributed by atoms with van der Waals surface area (Å²) in [6, 6.07) is 0. The first-order valence-electron chi connectivity index (χ1n) is 2.05. The lowest BCUT2D eigenvalue weighted by Crippen LogP contribution is -1.89. The number of rotatable bonds is 0. The van der Waals surface area contributed by atoms with E-state index in [0.29, 0.717) is 0 Å². The molecule has 17 heteroatoms. The van der Waals surface area contributed by atoms with Gasteiger partial charge in [-0.1, -0.05) is 0 Å². The molecule has 0 amide bonds. The van der Waals surface area contributed by atoms with Crippen LogP contribution in [0.2, 0.25) is 0 Å². The SMILES string of the molecule is Br.Cl.I.O=P(O)(O)O.O=S(=O)(O)O.O=[N+]([O-])O. The van der Waals surface area contributed by atoms with Crippen LogP contribution >= 0.6 is 61.2 Å². The highest BCUT2D eigenvalue weighted by Crippen LogP contribution is 2.25. The minimum Gasteiger partial charge on any atom is -0.328 e. The molecule has 0 aromatic carbocycles. The molecule has 0 fully saturated rings. The van der Waals surface area contributed by atoms with E-state index in [9.17, 15) is 0 Å². The molecule has 0 rings (SSSR count). The molecule has 0 bridgehead atoms. The largest absolute Gasteiger partial charge is 0.466 e. The lowest BCUT2D eigenvalue weighted by atomic mass is 13.1. The highest BCUT2D eigenvalue weighted by molar-refractivity contribution is 14.0. The van der Waals surface area contributed by atoms with Gasteiger partial charge >= 0.3 is 18.2 Å². The second-order valence-corrected chi connectivity index (χ2v) is 3.12. The molecular formula is H9BrClINO11PS. The minimum absolute atomic E-state index is 0. The van der Waals surface area contributed by atoms with Crippen molar-refractivity contribution in [2.45, 2.75) is 0 Å². The van der Waals surface area contributed by atoms with Crippen LogP contribution in [0.15, 0.2) is 0 Å². The maximum atomic E-state index is 8.88. The third kappa shape index (κ3) is 7770. The van der Waals surface area contributed by atoms with E-state index in [0.717, 1.165) is 0 Å². The second kappa shape index (κ2) is 16.7. The summed E-state index contributed by atoms with van der Waals surface area (Å²) in [6.07, 6.45) is 0. The van der Waals surface area contributed by atoms with E-state index in [1.165, 1.54) is 0 Å². The van der Waals surface area contributed by atoms with Gasteiger partial charge in [0.2, 0.25) is 0 Å². The molecule has 6 N–H and O–H groups in total. The van der Waals surface area contributed by atoms with Crippen molar-refractivity contribution in [3.8, 4) is 0 Å². The van der Waals surface area contributed by atoms with E-state index in [4.69, 9.17) is 52.1 Å². The Morgan fingerprint density at radius 3 is 1.12 bits per heavy atom. The lowest BCUT2D eigenvalue weighted by Gasteiger charge is -1.82. The van der Waals surface area contributed by atoms with Crippen LogP contribution in [0.25, 0.3) is 0 Å². The van der Waals surface area contributed by atoms with Gasteiger partial charge in [-0.25, -0.2) is 4.57 Å². The molecule has 0 aromatic rings. The topological polar surface area (TPSA) is 216 Å². The lowest BCUT2D eigenvalue weighted by molar-refractivity contribution is -0.742. The Bertz CT molecular complexity index is 276. The van der Waals surface area contributed by atoms with Crippen molar-refractivity contribution in [2.24, 2.45) is 0 Å². The van der Waals surface area contributed by atoms with Gasteiger partial charge in [0, 0.05) is 0 Å². The molecule has 0 spiro atoms. The van der Waals surface area contributed by atoms with Crippen LogP contribution in [0.4, 0.5) is 0 Å². The molecule has 112 valence electrons. The van der Waals surface area contributed by atoms with E-state index >= 15 is 0 Å². The Morgan fingerprint density at radius 1 is 1.12 bits per heavy atom. The van der Waals surface area contributed by atoms with Crippen LogP contribution in [-0.4, -0.2) is 42.5 Å². The first-order chi connectivity index (χ1) is 5.73. The van der Waals surface area contributed by atoms with Crippen molar-refractivity contribution in [3.63, 3.8) is 0 Å². The van der Waals surface area contributed by atoms with Crippen molar-refractivity contribution in [3.05, 3.63) is 10.1 Å². The van der Waals surface area contributed by atoms with Crippen LogP contribution in [0.3, 0.4) is 0 Å². The van der Waals surface area contributed by atoms with Crippen molar-refractivity contribution < 1.29 is 47.1 Å². The maximum absolute atomic E-state index is 8.88. The molecule has 12 nitrogen and oxygen atoms in total. The van der Waals surface area contributed by atoms with Crippen molar-refractivity contribution >= 4 is 71.6 Å². The number of hydrogen-bond acceptors (Lipinski definition) is 5. The summed E-state index contributed by atoms with van der Waals surface area (Å²) in [6.45, 7) is 0. The Labute approximate surface area is 128 Å². The summed E-state index contributed by atoms with van der Waals surface area (Å²) < 4.78 is 40.5. The maximum Gasteiger partial charge on any atom is 0.466 e. The molecule has 0 radical (unpaired) electrons. The van der Waals surface area contributed by atoms with Gasteiger partial charge in [0.25, 0.3) is 5.09 Å². The summed E-state index contributed by atoms with van der Waals surface area (Å²) in [5.41, 5.74) is 0. The van der Waals surface area contributed by atoms with Gasteiger partial charge < -0.3 is 19.9 Å². The van der Waals surface area contributed by atoms with E-state index in [1.54, 1.807) is 0 Å². The van der Waals surface area contributed by atoms with Crippen molar-refractivity contribution in [1.29, 1.82) is 0 Å². The van der Waals surface area contributed by atoms with Gasteiger partial charge in [0.05, 0.1) is 0 Å². The molecule has 0 saturated carbocycles.